The van der Waals surface area contributed by atoms with E-state index < -0.39 is 0 Å². The summed E-state index contributed by atoms with van der Waals surface area (Å²) in [4.78, 5) is 0. The van der Waals surface area contributed by atoms with Gasteiger partial charge in [0.1, 0.15) is 0 Å². The van der Waals surface area contributed by atoms with Gasteiger partial charge in [-0.3, -0.25) is 0 Å². The van der Waals surface area contributed by atoms with Crippen LogP contribution in [0, 0.1) is 0 Å². The van der Waals surface area contributed by atoms with Gasteiger partial charge in [-0.25, -0.2) is 0 Å². The fourth-order valence-corrected chi connectivity index (χ4v) is 0. The summed E-state index contributed by atoms with van der Waals surface area (Å²) in [6.07, 6.45) is 0. The van der Waals surface area contributed by atoms with E-state index in [9.17, 15) is 0 Å². The Kier molecular flexibility index (Phi) is 328. The molecule has 0 rings (SSSR count). The van der Waals surface area contributed by atoms with Crippen molar-refractivity contribution >= 4 is 0 Å². The minimum atomic E-state index is 0. The molecule has 0 aliphatic carbocycles. The van der Waals surface area contributed by atoms with Crippen LogP contribution in [0.4, 0.5) is 0 Å². The zero-order valence-electron chi connectivity index (χ0n) is 2.21. The first kappa shape index (κ1) is 51.7. The molecule has 0 spiro atoms. The zero-order valence-corrected chi connectivity index (χ0v) is 5.31. The molecular weight excluding hydrogens is 111 g/mol. The smallest absolute Gasteiger partial charge is 2.00 e. The van der Waals surface area contributed by atoms with Crippen molar-refractivity contribution in [3.63, 3.8) is 0 Å². The van der Waals surface area contributed by atoms with E-state index in [0.717, 1.165) is 0 Å². The van der Waals surface area contributed by atoms with Crippen LogP contribution in [-0.2, 0) is 22.5 Å². The molecule has 0 aromatic rings. The Balaban J connectivity index is 0. The summed E-state index contributed by atoms with van der Waals surface area (Å²) >= 11 is 0. The first-order valence-electron chi connectivity index (χ1n) is 0. The van der Waals surface area contributed by atoms with E-state index in [2.05, 4.69) is 0 Å². The third-order valence-electron chi connectivity index (χ3n) is 0. The van der Waals surface area contributed by atoms with Crippen LogP contribution in [-0.4, -0.2) is 5.48 Å². The monoisotopic (exact) mass is 112 g/mol. The van der Waals surface area contributed by atoms with Crippen molar-refractivity contribution in [1.82, 2.24) is 0 Å². The Morgan fingerprint density at radius 2 is 1.00 bits per heavy atom. The summed E-state index contributed by atoms with van der Waals surface area (Å²) in [5.41, 5.74) is 0. The molecule has 2 nitrogen and oxygen atoms in total. The van der Waals surface area contributed by atoms with Crippen LogP contribution in [0.5, 0.6) is 0 Å². The van der Waals surface area contributed by atoms with Gasteiger partial charge in [0.25, 0.3) is 0 Å². The van der Waals surface area contributed by atoms with Gasteiger partial charge in [0.05, 0.1) is 0 Å². The average Bonchev–Trinajstić information content (AvgIpc) is 0. The molecule has 22 valence electrons. The maximum Gasteiger partial charge on any atom is 2.00 e. The molecule has 0 bridgehead atoms. The van der Waals surface area contributed by atoms with E-state index in [1.807, 2.05) is 0 Å². The maximum atomic E-state index is 0. The molecule has 0 fully saturated rings. The van der Waals surface area contributed by atoms with E-state index in [4.69, 9.17) is 0 Å². The predicted octanol–water partition coefficient (Wildman–Crippen LogP) is -3.29. The topological polar surface area (TPSA) is 58.5 Å². The van der Waals surface area contributed by atoms with Gasteiger partial charge in [-0.2, -0.15) is 0 Å². The normalized spacial score (nSPS) is 0. The molecule has 0 heterocycles. The molecule has 0 aromatic carbocycles. The van der Waals surface area contributed by atoms with Crippen molar-refractivity contribution in [1.29, 1.82) is 0 Å². The van der Waals surface area contributed by atoms with Crippen molar-refractivity contribution in [2.24, 2.45) is 0 Å². The number of rotatable bonds is 0. The third kappa shape index (κ3) is 9.88. The molecule has 4 heteroatoms. The van der Waals surface area contributed by atoms with Crippen LogP contribution in [0.15, 0.2) is 0 Å². The molecule has 0 radical (unpaired) electrons. The van der Waals surface area contributed by atoms with Gasteiger partial charge in [0.15, 0.2) is 0 Å². The molecule has 0 aromatic heterocycles. The number of hydrogen-bond donors (Lipinski definition) is 0. The summed E-state index contributed by atoms with van der Waals surface area (Å²) in [5, 5.41) is 0. The summed E-state index contributed by atoms with van der Waals surface area (Å²) in [6.45, 7) is 0. The van der Waals surface area contributed by atoms with Crippen molar-refractivity contribution in [2.45, 2.75) is 0 Å². The van der Waals surface area contributed by atoms with Crippen LogP contribution >= 0.6 is 0 Å². The van der Waals surface area contributed by atoms with Gasteiger partial charge < -0.3 is 11.0 Å². The second-order valence-corrected chi connectivity index (χ2v) is 0. The minimum Gasteiger partial charge on any atom is -2.00 e. The molecule has 0 atom stereocenters. The van der Waals surface area contributed by atoms with Crippen molar-refractivity contribution in [2.75, 3.05) is 0 Å². The Morgan fingerprint density at radius 3 is 1.00 bits per heavy atom. The van der Waals surface area contributed by atoms with Crippen LogP contribution in [0.1, 0.15) is 0 Å². The minimum absolute atomic E-state index is 0. The summed E-state index contributed by atoms with van der Waals surface area (Å²) in [7, 11) is 0. The predicted molar refractivity (Wildman–Crippen MR) is 2.62 cm³/mol. The molecule has 0 aliphatic rings. The summed E-state index contributed by atoms with van der Waals surface area (Å²) in [5.74, 6) is 0. The summed E-state index contributed by atoms with van der Waals surface area (Å²) in [6, 6.07) is 0. The van der Waals surface area contributed by atoms with E-state index in [0.29, 0.717) is 0 Å². The van der Waals surface area contributed by atoms with Gasteiger partial charge in [-0.05, 0) is 0 Å². The first-order valence-corrected chi connectivity index (χ1v) is 0. The van der Waals surface area contributed by atoms with E-state index in [1.165, 1.54) is 0 Å². The summed E-state index contributed by atoms with van der Waals surface area (Å²) < 4.78 is 0. The van der Waals surface area contributed by atoms with E-state index in [1.54, 1.807) is 0 Å². The van der Waals surface area contributed by atoms with Gasteiger partial charge in [-0.1, -0.05) is 0 Å². The van der Waals surface area contributed by atoms with Crippen molar-refractivity contribution < 1.29 is 57.6 Å². The second kappa shape index (κ2) is 25.3. The molecule has 4 heavy (non-hydrogen) atoms. The van der Waals surface area contributed by atoms with Crippen molar-refractivity contribution in [3.8, 4) is 0 Å². The maximum absolute atomic E-state index is 0. The van der Waals surface area contributed by atoms with Crippen LogP contribution in [0.2, 0.25) is 0 Å². The Bertz CT molecular complexity index is 6.00. The average molecular weight is 112 g/mol. The van der Waals surface area contributed by atoms with E-state index >= 15 is 0 Å². The fraction of sp³-hybridized carbons (Fsp3) is 0. The molecular formula is HFeNaO2. The Morgan fingerprint density at radius 1 is 1.00 bits per heavy atom. The second-order valence-electron chi connectivity index (χ2n) is 0. The van der Waals surface area contributed by atoms with Crippen LogP contribution in [0.25, 0.3) is 0 Å². The Hall–Kier alpha value is 1.44. The largest absolute Gasteiger partial charge is 2.00 e. The number of hydrogen-bond acceptors (Lipinski definition) is 1. The van der Waals surface area contributed by atoms with Gasteiger partial charge >= 0.3 is 46.6 Å². The SMILES string of the molecule is [Fe+2].[Na+].[O-2].[OH-]. The van der Waals surface area contributed by atoms with Crippen LogP contribution in [0.3, 0.4) is 0 Å². The molecule has 1 N–H and O–H groups in total. The first-order chi connectivity index (χ1) is 0. The quantitative estimate of drug-likeness (QED) is 0.303. The standard InChI is InChI=1S/Fe.Na.H2O.O/h;;1H2;/q+2;+1;;-2/p-1. The molecule has 0 saturated heterocycles. The molecule has 0 unspecified atom stereocenters. The molecule has 0 saturated carbocycles. The van der Waals surface area contributed by atoms with Gasteiger partial charge in [-0.15, -0.1) is 0 Å². The third-order valence-corrected chi connectivity index (χ3v) is 0. The van der Waals surface area contributed by atoms with Gasteiger partial charge in [0.2, 0.25) is 0 Å². The molecule has 0 aliphatic heterocycles. The van der Waals surface area contributed by atoms with Crippen LogP contribution < -0.4 is 29.6 Å². The van der Waals surface area contributed by atoms with Crippen molar-refractivity contribution in [3.05, 3.63) is 0 Å². The fourth-order valence-electron chi connectivity index (χ4n) is 0. The zero-order chi connectivity index (χ0) is 0. The van der Waals surface area contributed by atoms with E-state index in [-0.39, 0.29) is 57.6 Å². The Labute approximate surface area is 57.3 Å². The molecule has 0 amide bonds. The van der Waals surface area contributed by atoms with Gasteiger partial charge in [0, 0.05) is 0 Å².